The molecule has 6 N–H and O–H groups in total. The first-order valence-electron chi connectivity index (χ1n) is 13.8. The van der Waals surface area contributed by atoms with Crippen molar-refractivity contribution in [3.8, 4) is 0 Å². The minimum Gasteiger partial charge on any atom is -0.481 e. The van der Waals surface area contributed by atoms with E-state index in [1.54, 1.807) is 0 Å². The van der Waals surface area contributed by atoms with Crippen LogP contribution in [0.1, 0.15) is 90.9 Å². The fraction of sp³-hybridized carbons (Fsp3) is 0.923. The van der Waals surface area contributed by atoms with E-state index in [0.29, 0.717) is 24.4 Å². The first-order valence-corrected chi connectivity index (χ1v) is 13.8. The van der Waals surface area contributed by atoms with Crippen LogP contribution in [0.4, 0.5) is 0 Å². The van der Waals surface area contributed by atoms with E-state index in [-0.39, 0.29) is 24.6 Å². The molecule has 1 unspecified atom stereocenters. The number of aliphatic hydroxyl groups excluding tert-OH is 1. The smallest absolute Gasteiger partial charge is 0.306 e. The molecule has 8 nitrogen and oxygen atoms in total. The lowest BCUT2D eigenvalue weighted by molar-refractivity contribution is -0.914. The summed E-state index contributed by atoms with van der Waals surface area (Å²) >= 11 is 0. The standard InChI is InChI=1S/C26H48N4O4/c1-3-28-24-12-11-20(16-26(24,34)17-25(32)33)9-7-5-4-6-8-10-21-22(30-14-13-27-18-30)15-23(31)19(2)29-21/h13,19-24,28-29,31,34H,3-12,14-18H2,1-2H3,(H,32,33)/p+1/t19-,20-,21+,22-,23+,24-,26+/m0/s1. The highest BCUT2D eigenvalue weighted by molar-refractivity contribution is 5.68. The molecule has 2 aliphatic heterocycles. The van der Waals surface area contributed by atoms with Crippen molar-refractivity contribution in [2.75, 3.05) is 19.8 Å². The minimum absolute atomic E-state index is 0.111. The lowest BCUT2D eigenvalue weighted by Crippen LogP contribution is -3.16. The van der Waals surface area contributed by atoms with Crippen molar-refractivity contribution in [3.05, 3.63) is 0 Å². The number of aliphatic carboxylic acids is 1. The number of aliphatic hydroxyl groups is 2. The van der Waals surface area contributed by atoms with Gasteiger partial charge in [-0.05, 0) is 45.1 Å². The van der Waals surface area contributed by atoms with Crippen LogP contribution < -0.4 is 15.5 Å². The maximum absolute atomic E-state index is 11.3. The van der Waals surface area contributed by atoms with E-state index >= 15 is 0 Å². The second-order valence-corrected chi connectivity index (χ2v) is 11.1. The van der Waals surface area contributed by atoms with Crippen LogP contribution in [0.3, 0.4) is 0 Å². The van der Waals surface area contributed by atoms with E-state index < -0.39 is 11.6 Å². The molecule has 1 aliphatic carbocycles. The Labute approximate surface area is 205 Å². The fourth-order valence-corrected chi connectivity index (χ4v) is 6.61. The average molecular weight is 482 g/mol. The number of piperidine rings is 1. The molecule has 0 aromatic carbocycles. The van der Waals surface area contributed by atoms with Crippen molar-refractivity contribution in [2.45, 2.75) is 127 Å². The first kappa shape index (κ1) is 27.5. The van der Waals surface area contributed by atoms with Crippen LogP contribution >= 0.6 is 0 Å². The molecule has 0 radical (unpaired) electrons. The maximum atomic E-state index is 11.3. The van der Waals surface area contributed by atoms with Crippen molar-refractivity contribution >= 4 is 12.2 Å². The average Bonchev–Trinajstić information content (AvgIpc) is 3.31. The van der Waals surface area contributed by atoms with Gasteiger partial charge in [-0.25, -0.2) is 4.99 Å². The number of carboxylic acid groups (broad SMARTS) is 1. The molecule has 34 heavy (non-hydrogen) atoms. The van der Waals surface area contributed by atoms with Crippen molar-refractivity contribution in [1.29, 1.82) is 0 Å². The van der Waals surface area contributed by atoms with Crippen LogP contribution in [-0.4, -0.2) is 83.1 Å². The monoisotopic (exact) mass is 481 g/mol. The van der Waals surface area contributed by atoms with Gasteiger partial charge in [0.2, 0.25) is 0 Å². The molecule has 8 heteroatoms. The molecule has 0 bridgehead atoms. The predicted molar refractivity (Wildman–Crippen MR) is 134 cm³/mol. The second kappa shape index (κ2) is 13.3. The SMILES string of the molecule is CCN[C@H]1CC[C@H](CCCCCCC[C@H]2N[C@@H](C)[C@H](O)C[C@@H]2[NH+]2CC=NC2)C[C@@]1(O)CC(=O)O. The lowest BCUT2D eigenvalue weighted by Gasteiger charge is -2.43. The van der Waals surface area contributed by atoms with Crippen LogP contribution in [-0.2, 0) is 4.79 Å². The predicted octanol–water partition coefficient (Wildman–Crippen LogP) is 1.11. The van der Waals surface area contributed by atoms with Gasteiger partial charge in [-0.2, -0.15) is 0 Å². The van der Waals surface area contributed by atoms with Crippen LogP contribution in [0.15, 0.2) is 4.99 Å². The molecular weight excluding hydrogens is 432 g/mol. The number of nitrogens with one attached hydrogen (secondary N) is 3. The molecule has 8 atom stereocenters. The van der Waals surface area contributed by atoms with Crippen molar-refractivity contribution in [3.63, 3.8) is 0 Å². The topological polar surface area (TPSA) is 119 Å². The summed E-state index contributed by atoms with van der Waals surface area (Å²) in [6.07, 6.45) is 13.2. The summed E-state index contributed by atoms with van der Waals surface area (Å²) < 4.78 is 0. The summed E-state index contributed by atoms with van der Waals surface area (Å²) in [5, 5.41) is 37.7. The highest BCUT2D eigenvalue weighted by Crippen LogP contribution is 2.37. The van der Waals surface area contributed by atoms with Gasteiger partial charge < -0.3 is 30.9 Å². The van der Waals surface area contributed by atoms with Crippen LogP contribution in [0.2, 0.25) is 0 Å². The molecule has 0 aromatic heterocycles. The quantitative estimate of drug-likeness (QED) is 0.219. The molecule has 2 fully saturated rings. The second-order valence-electron chi connectivity index (χ2n) is 11.1. The molecule has 0 amide bonds. The maximum Gasteiger partial charge on any atom is 0.306 e. The Hall–Kier alpha value is -1.06. The molecule has 1 saturated carbocycles. The Morgan fingerprint density at radius 2 is 1.94 bits per heavy atom. The van der Waals surface area contributed by atoms with Crippen molar-refractivity contribution < 1.29 is 25.0 Å². The van der Waals surface area contributed by atoms with Crippen LogP contribution in [0.25, 0.3) is 0 Å². The zero-order valence-electron chi connectivity index (χ0n) is 21.3. The van der Waals surface area contributed by atoms with E-state index in [0.717, 1.165) is 58.3 Å². The number of nitrogens with zero attached hydrogens (tertiary/aromatic N) is 1. The van der Waals surface area contributed by atoms with Gasteiger partial charge in [0, 0.05) is 18.5 Å². The molecule has 2 heterocycles. The van der Waals surface area contributed by atoms with E-state index in [1.165, 1.54) is 30.6 Å². The van der Waals surface area contributed by atoms with Gasteiger partial charge >= 0.3 is 5.97 Å². The Morgan fingerprint density at radius 1 is 1.21 bits per heavy atom. The number of unbranched alkanes of at least 4 members (excludes halogenated alkanes) is 4. The molecule has 0 aromatic rings. The Balaban J connectivity index is 1.33. The van der Waals surface area contributed by atoms with Crippen LogP contribution in [0, 0.1) is 5.92 Å². The number of carbonyl (C=O) groups is 1. The third-order valence-electron chi connectivity index (χ3n) is 8.53. The molecule has 3 aliphatic rings. The van der Waals surface area contributed by atoms with E-state index in [9.17, 15) is 20.1 Å². The third-order valence-corrected chi connectivity index (χ3v) is 8.53. The van der Waals surface area contributed by atoms with Crippen LogP contribution in [0.5, 0.6) is 0 Å². The lowest BCUT2D eigenvalue weighted by atomic mass is 9.71. The first-order chi connectivity index (χ1) is 16.3. The molecule has 0 spiro atoms. The normalized spacial score (nSPS) is 38.3. The molecule has 1 saturated heterocycles. The van der Waals surface area contributed by atoms with Gasteiger partial charge in [-0.15, -0.1) is 0 Å². The number of hydrogen-bond acceptors (Lipinski definition) is 6. The molecule has 196 valence electrons. The number of carboxylic acids is 1. The largest absolute Gasteiger partial charge is 0.481 e. The highest BCUT2D eigenvalue weighted by Gasteiger charge is 2.43. The summed E-state index contributed by atoms with van der Waals surface area (Å²) in [6.45, 7) is 6.65. The summed E-state index contributed by atoms with van der Waals surface area (Å²) in [6, 6.07) is 0.941. The van der Waals surface area contributed by atoms with Gasteiger partial charge in [0.15, 0.2) is 6.67 Å². The summed E-state index contributed by atoms with van der Waals surface area (Å²) in [5.74, 6) is -0.492. The van der Waals surface area contributed by atoms with E-state index in [2.05, 4.69) is 22.5 Å². The zero-order valence-corrected chi connectivity index (χ0v) is 21.3. The van der Waals surface area contributed by atoms with Gasteiger partial charge in [0.05, 0.1) is 30.4 Å². The number of rotatable bonds is 13. The van der Waals surface area contributed by atoms with Gasteiger partial charge in [0.1, 0.15) is 12.6 Å². The number of likely N-dealkylation sites (N-methyl/N-ethyl adjacent to an activating group) is 1. The molecule has 3 rings (SSSR count). The Bertz CT molecular complexity index is 655. The van der Waals surface area contributed by atoms with Gasteiger partial charge in [-0.3, -0.25) is 4.79 Å². The molecular formula is C26H49N4O4+. The van der Waals surface area contributed by atoms with Gasteiger partial charge in [0.25, 0.3) is 0 Å². The number of quaternary nitrogens is 1. The number of aliphatic imine (C=N–C) groups is 1. The van der Waals surface area contributed by atoms with Gasteiger partial charge in [-0.1, -0.05) is 45.4 Å². The van der Waals surface area contributed by atoms with Crippen molar-refractivity contribution in [1.82, 2.24) is 10.6 Å². The summed E-state index contributed by atoms with van der Waals surface area (Å²) in [5.41, 5.74) is -1.12. The highest BCUT2D eigenvalue weighted by atomic mass is 16.4. The Kier molecular flexibility index (Phi) is 10.8. The zero-order chi connectivity index (χ0) is 24.6. The van der Waals surface area contributed by atoms with Crippen molar-refractivity contribution in [2.24, 2.45) is 10.9 Å². The minimum atomic E-state index is -1.12. The van der Waals surface area contributed by atoms with E-state index in [4.69, 9.17) is 0 Å². The summed E-state index contributed by atoms with van der Waals surface area (Å²) in [7, 11) is 0. The fourth-order valence-electron chi connectivity index (χ4n) is 6.61. The number of hydrogen-bond donors (Lipinski definition) is 6. The summed E-state index contributed by atoms with van der Waals surface area (Å²) in [4.78, 5) is 17.2. The third kappa shape index (κ3) is 7.72. The van der Waals surface area contributed by atoms with E-state index in [1.807, 2.05) is 13.1 Å². The Morgan fingerprint density at radius 3 is 2.62 bits per heavy atom.